The van der Waals surface area contributed by atoms with E-state index < -0.39 is 0 Å². The van der Waals surface area contributed by atoms with Crippen LogP contribution in [0.15, 0.2) is 18.2 Å². The number of thiazole rings is 1. The SMILES string of the molecule is O=C(NC1CC1)c1ccc2nc(N3C(=O)CCC3=O)sc2c1. The van der Waals surface area contributed by atoms with E-state index in [1.165, 1.54) is 11.3 Å². The lowest BCUT2D eigenvalue weighted by Gasteiger charge is -2.07. The van der Waals surface area contributed by atoms with Gasteiger partial charge in [0.1, 0.15) is 0 Å². The van der Waals surface area contributed by atoms with Crippen LogP contribution >= 0.6 is 11.3 Å². The molecule has 2 aromatic rings. The fourth-order valence-corrected chi connectivity index (χ4v) is 3.48. The van der Waals surface area contributed by atoms with Gasteiger partial charge in [0.15, 0.2) is 5.13 Å². The molecule has 0 atom stereocenters. The lowest BCUT2D eigenvalue weighted by atomic mass is 10.2. The second kappa shape index (κ2) is 4.88. The van der Waals surface area contributed by atoms with E-state index in [0.29, 0.717) is 22.3 Å². The standard InChI is InChI=1S/C15H13N3O3S/c19-12-5-6-13(20)18(12)15-17-10-4-1-8(7-11(10)22-15)14(21)16-9-2-3-9/h1,4,7,9H,2-3,5-6H2,(H,16,21). The number of anilines is 1. The molecule has 2 fully saturated rings. The summed E-state index contributed by atoms with van der Waals surface area (Å²) in [6.45, 7) is 0. The minimum absolute atomic E-state index is 0.0901. The molecule has 112 valence electrons. The van der Waals surface area contributed by atoms with Gasteiger partial charge in [-0.15, -0.1) is 0 Å². The molecule has 1 N–H and O–H groups in total. The van der Waals surface area contributed by atoms with Gasteiger partial charge in [0, 0.05) is 24.4 Å². The molecule has 1 saturated heterocycles. The summed E-state index contributed by atoms with van der Waals surface area (Å²) in [4.78, 5) is 41.1. The summed E-state index contributed by atoms with van der Waals surface area (Å²) in [6, 6.07) is 5.54. The van der Waals surface area contributed by atoms with Crippen LogP contribution in [0, 0.1) is 0 Å². The van der Waals surface area contributed by atoms with Gasteiger partial charge in [0.05, 0.1) is 10.2 Å². The van der Waals surface area contributed by atoms with E-state index in [1.54, 1.807) is 18.2 Å². The Morgan fingerprint density at radius 2 is 1.95 bits per heavy atom. The first-order valence-corrected chi connectivity index (χ1v) is 8.01. The van der Waals surface area contributed by atoms with E-state index in [4.69, 9.17) is 0 Å². The van der Waals surface area contributed by atoms with Crippen LogP contribution in [-0.2, 0) is 9.59 Å². The van der Waals surface area contributed by atoms with Gasteiger partial charge < -0.3 is 5.32 Å². The summed E-state index contributed by atoms with van der Waals surface area (Å²) >= 11 is 1.26. The molecule has 2 heterocycles. The highest BCUT2D eigenvalue weighted by atomic mass is 32.1. The van der Waals surface area contributed by atoms with Crippen molar-refractivity contribution in [2.75, 3.05) is 4.90 Å². The molecule has 1 aliphatic heterocycles. The molecule has 6 nitrogen and oxygen atoms in total. The van der Waals surface area contributed by atoms with E-state index in [-0.39, 0.29) is 30.6 Å². The fraction of sp³-hybridized carbons (Fsp3) is 0.333. The molecule has 1 aliphatic carbocycles. The number of fused-ring (bicyclic) bond motifs is 1. The Balaban J connectivity index is 1.67. The van der Waals surface area contributed by atoms with Gasteiger partial charge in [-0.05, 0) is 31.0 Å². The first-order valence-electron chi connectivity index (χ1n) is 7.19. The number of rotatable bonds is 3. The molecular weight excluding hydrogens is 302 g/mol. The van der Waals surface area contributed by atoms with Gasteiger partial charge in [-0.25, -0.2) is 9.88 Å². The van der Waals surface area contributed by atoms with Gasteiger partial charge in [-0.2, -0.15) is 0 Å². The van der Waals surface area contributed by atoms with E-state index in [0.717, 1.165) is 22.4 Å². The summed E-state index contributed by atoms with van der Waals surface area (Å²) in [5.74, 6) is -0.515. The molecule has 0 unspecified atom stereocenters. The lowest BCUT2D eigenvalue weighted by Crippen LogP contribution is -2.28. The third kappa shape index (κ3) is 2.27. The summed E-state index contributed by atoms with van der Waals surface area (Å²) in [7, 11) is 0. The maximum absolute atomic E-state index is 12.1. The van der Waals surface area contributed by atoms with Crippen molar-refractivity contribution in [2.45, 2.75) is 31.7 Å². The first-order chi connectivity index (χ1) is 10.6. The van der Waals surface area contributed by atoms with Crippen molar-refractivity contribution in [1.29, 1.82) is 0 Å². The molecule has 1 aromatic carbocycles. The summed E-state index contributed by atoms with van der Waals surface area (Å²) in [6.07, 6.45) is 2.56. The average molecular weight is 315 g/mol. The highest BCUT2D eigenvalue weighted by Gasteiger charge is 2.32. The largest absolute Gasteiger partial charge is 0.349 e. The maximum Gasteiger partial charge on any atom is 0.251 e. The minimum Gasteiger partial charge on any atom is -0.349 e. The minimum atomic E-state index is -0.212. The highest BCUT2D eigenvalue weighted by molar-refractivity contribution is 7.22. The fourth-order valence-electron chi connectivity index (χ4n) is 2.44. The van der Waals surface area contributed by atoms with Crippen molar-refractivity contribution in [2.24, 2.45) is 0 Å². The van der Waals surface area contributed by atoms with Crippen LogP contribution in [0.25, 0.3) is 10.2 Å². The Morgan fingerprint density at radius 3 is 2.64 bits per heavy atom. The zero-order valence-electron chi connectivity index (χ0n) is 11.7. The van der Waals surface area contributed by atoms with E-state index in [1.807, 2.05) is 0 Å². The molecule has 0 spiro atoms. The number of hydrogen-bond donors (Lipinski definition) is 1. The number of hydrogen-bond acceptors (Lipinski definition) is 5. The Labute approximate surface area is 130 Å². The Bertz CT molecular complexity index is 793. The maximum atomic E-state index is 12.1. The molecule has 3 amide bonds. The predicted molar refractivity (Wildman–Crippen MR) is 81.8 cm³/mol. The number of carbonyl (C=O) groups excluding carboxylic acids is 3. The van der Waals surface area contributed by atoms with E-state index >= 15 is 0 Å². The highest BCUT2D eigenvalue weighted by Crippen LogP contribution is 2.32. The molecule has 22 heavy (non-hydrogen) atoms. The zero-order valence-corrected chi connectivity index (χ0v) is 12.5. The van der Waals surface area contributed by atoms with Crippen LogP contribution in [0.3, 0.4) is 0 Å². The number of aromatic nitrogens is 1. The second-order valence-electron chi connectivity index (χ2n) is 5.55. The van der Waals surface area contributed by atoms with E-state index in [9.17, 15) is 14.4 Å². The van der Waals surface area contributed by atoms with Gasteiger partial charge in [0.25, 0.3) is 5.91 Å². The first kappa shape index (κ1) is 13.4. The van der Waals surface area contributed by atoms with Crippen molar-refractivity contribution in [3.8, 4) is 0 Å². The Kier molecular flexibility index (Phi) is 2.97. The molecule has 2 aliphatic rings. The second-order valence-corrected chi connectivity index (χ2v) is 6.56. The van der Waals surface area contributed by atoms with Gasteiger partial charge in [0.2, 0.25) is 11.8 Å². The Morgan fingerprint density at radius 1 is 1.23 bits per heavy atom. The third-order valence-corrected chi connectivity index (χ3v) is 4.80. The number of nitrogens with zero attached hydrogens (tertiary/aromatic N) is 2. The summed E-state index contributed by atoms with van der Waals surface area (Å²) < 4.78 is 0.797. The topological polar surface area (TPSA) is 79.4 Å². The number of nitrogens with one attached hydrogen (secondary N) is 1. The number of benzene rings is 1. The third-order valence-electron chi connectivity index (χ3n) is 3.79. The van der Waals surface area contributed by atoms with Crippen molar-refractivity contribution in [1.82, 2.24) is 10.3 Å². The number of imide groups is 1. The van der Waals surface area contributed by atoms with Crippen molar-refractivity contribution in [3.63, 3.8) is 0 Å². The van der Waals surface area contributed by atoms with Crippen LogP contribution in [0.5, 0.6) is 0 Å². The van der Waals surface area contributed by atoms with E-state index in [2.05, 4.69) is 10.3 Å². The quantitative estimate of drug-likeness (QED) is 0.877. The molecule has 0 radical (unpaired) electrons. The summed E-state index contributed by atoms with van der Waals surface area (Å²) in [5, 5.41) is 3.33. The van der Waals surface area contributed by atoms with Crippen molar-refractivity contribution >= 4 is 44.4 Å². The molecule has 1 saturated carbocycles. The van der Waals surface area contributed by atoms with Gasteiger partial charge in [-0.3, -0.25) is 14.4 Å². The normalized spacial score (nSPS) is 18.3. The molecule has 0 bridgehead atoms. The van der Waals surface area contributed by atoms with Crippen LogP contribution in [0.1, 0.15) is 36.0 Å². The van der Waals surface area contributed by atoms with Crippen LogP contribution < -0.4 is 10.2 Å². The Hall–Kier alpha value is -2.28. The van der Waals surface area contributed by atoms with Gasteiger partial charge in [-0.1, -0.05) is 11.3 Å². The zero-order chi connectivity index (χ0) is 15.3. The summed E-state index contributed by atoms with van der Waals surface area (Å²) in [5.41, 5.74) is 1.27. The monoisotopic (exact) mass is 315 g/mol. The van der Waals surface area contributed by atoms with Crippen LogP contribution in [0.4, 0.5) is 5.13 Å². The predicted octanol–water partition coefficient (Wildman–Crippen LogP) is 1.84. The van der Waals surface area contributed by atoms with Crippen molar-refractivity contribution < 1.29 is 14.4 Å². The number of carbonyl (C=O) groups is 3. The molecule has 1 aromatic heterocycles. The van der Waals surface area contributed by atoms with Gasteiger partial charge >= 0.3 is 0 Å². The molecular formula is C15H13N3O3S. The smallest absolute Gasteiger partial charge is 0.251 e. The average Bonchev–Trinajstić information content (AvgIpc) is 3.10. The van der Waals surface area contributed by atoms with Crippen LogP contribution in [-0.4, -0.2) is 28.7 Å². The van der Waals surface area contributed by atoms with Crippen molar-refractivity contribution in [3.05, 3.63) is 23.8 Å². The molecule has 4 rings (SSSR count). The molecule has 7 heteroatoms. The van der Waals surface area contributed by atoms with Crippen LogP contribution in [0.2, 0.25) is 0 Å². The number of amides is 3. The lowest BCUT2D eigenvalue weighted by molar-refractivity contribution is -0.121.